The van der Waals surface area contributed by atoms with Crippen molar-refractivity contribution in [2.75, 3.05) is 6.61 Å². The summed E-state index contributed by atoms with van der Waals surface area (Å²) in [6.07, 6.45) is 4.71. The molecule has 1 rings (SSSR count). The van der Waals surface area contributed by atoms with E-state index < -0.39 is 5.97 Å². The SMILES string of the molecule is CCC(=O)OCC(=O)OC(C)C1CCC(C)(C)CC1. The first-order valence-electron chi connectivity index (χ1n) is 7.19. The molecular weight excluding hydrogens is 244 g/mol. The Morgan fingerprint density at radius 3 is 2.32 bits per heavy atom. The first-order valence-corrected chi connectivity index (χ1v) is 7.19. The van der Waals surface area contributed by atoms with E-state index in [2.05, 4.69) is 13.8 Å². The van der Waals surface area contributed by atoms with Crippen LogP contribution in [0, 0.1) is 11.3 Å². The van der Waals surface area contributed by atoms with Crippen LogP contribution in [0.1, 0.15) is 59.8 Å². The molecular formula is C15H26O4. The highest BCUT2D eigenvalue weighted by molar-refractivity contribution is 5.76. The normalized spacial score (nSPS) is 20.6. The molecule has 0 amide bonds. The van der Waals surface area contributed by atoms with Gasteiger partial charge in [-0.1, -0.05) is 20.8 Å². The molecule has 0 saturated heterocycles. The Morgan fingerprint density at radius 1 is 1.21 bits per heavy atom. The van der Waals surface area contributed by atoms with Gasteiger partial charge in [-0.2, -0.15) is 0 Å². The molecule has 0 aromatic carbocycles. The van der Waals surface area contributed by atoms with Gasteiger partial charge in [0.1, 0.15) is 6.10 Å². The predicted molar refractivity (Wildman–Crippen MR) is 72.5 cm³/mol. The van der Waals surface area contributed by atoms with E-state index in [1.807, 2.05) is 6.92 Å². The number of carbonyl (C=O) groups excluding carboxylic acids is 2. The quantitative estimate of drug-likeness (QED) is 0.720. The Kier molecular flexibility index (Phi) is 5.83. The number of hydrogen-bond acceptors (Lipinski definition) is 4. The van der Waals surface area contributed by atoms with Crippen molar-refractivity contribution in [2.45, 2.75) is 65.9 Å². The van der Waals surface area contributed by atoms with Gasteiger partial charge in [-0.3, -0.25) is 4.79 Å². The Labute approximate surface area is 115 Å². The van der Waals surface area contributed by atoms with Gasteiger partial charge in [-0.25, -0.2) is 4.79 Å². The van der Waals surface area contributed by atoms with Crippen LogP contribution in [0.4, 0.5) is 0 Å². The first-order chi connectivity index (χ1) is 8.84. The van der Waals surface area contributed by atoms with Gasteiger partial charge in [0.15, 0.2) is 6.61 Å². The molecule has 110 valence electrons. The molecule has 4 heteroatoms. The first kappa shape index (κ1) is 16.0. The highest BCUT2D eigenvalue weighted by atomic mass is 16.6. The molecule has 1 unspecified atom stereocenters. The fourth-order valence-electron chi connectivity index (χ4n) is 2.47. The average Bonchev–Trinajstić information content (AvgIpc) is 2.35. The lowest BCUT2D eigenvalue weighted by atomic mass is 9.72. The zero-order chi connectivity index (χ0) is 14.5. The standard InChI is InChI=1S/C15H26O4/c1-5-13(16)18-10-14(17)19-11(2)12-6-8-15(3,4)9-7-12/h11-12H,5-10H2,1-4H3. The van der Waals surface area contributed by atoms with Crippen molar-refractivity contribution in [3.05, 3.63) is 0 Å². The summed E-state index contributed by atoms with van der Waals surface area (Å²) in [5.41, 5.74) is 0.414. The lowest BCUT2D eigenvalue weighted by molar-refractivity contribution is -0.164. The van der Waals surface area contributed by atoms with Crippen LogP contribution >= 0.6 is 0 Å². The molecule has 1 saturated carbocycles. The van der Waals surface area contributed by atoms with Gasteiger partial charge >= 0.3 is 11.9 Å². The second kappa shape index (κ2) is 6.92. The van der Waals surface area contributed by atoms with Gasteiger partial charge in [0.05, 0.1) is 0 Å². The third-order valence-corrected chi connectivity index (χ3v) is 4.00. The van der Waals surface area contributed by atoms with Crippen molar-refractivity contribution in [1.82, 2.24) is 0 Å². The van der Waals surface area contributed by atoms with Crippen molar-refractivity contribution < 1.29 is 19.1 Å². The third-order valence-electron chi connectivity index (χ3n) is 4.00. The smallest absolute Gasteiger partial charge is 0.344 e. The zero-order valence-corrected chi connectivity index (χ0v) is 12.5. The lowest BCUT2D eigenvalue weighted by Gasteiger charge is -2.36. The van der Waals surface area contributed by atoms with Crippen molar-refractivity contribution in [1.29, 1.82) is 0 Å². The molecule has 0 aromatic heterocycles. The minimum Gasteiger partial charge on any atom is -0.460 e. The maximum absolute atomic E-state index is 11.5. The second-order valence-corrected chi connectivity index (χ2v) is 6.21. The second-order valence-electron chi connectivity index (χ2n) is 6.21. The van der Waals surface area contributed by atoms with Gasteiger partial charge in [-0.15, -0.1) is 0 Å². The maximum Gasteiger partial charge on any atom is 0.344 e. The molecule has 1 aliphatic rings. The minimum absolute atomic E-state index is 0.0936. The number of rotatable bonds is 5. The molecule has 4 nitrogen and oxygen atoms in total. The summed E-state index contributed by atoms with van der Waals surface area (Å²) in [6.45, 7) is 7.92. The highest BCUT2D eigenvalue weighted by Crippen LogP contribution is 2.39. The van der Waals surface area contributed by atoms with E-state index in [0.29, 0.717) is 11.3 Å². The van der Waals surface area contributed by atoms with Crippen molar-refractivity contribution >= 4 is 11.9 Å². The molecule has 1 aliphatic carbocycles. The molecule has 0 radical (unpaired) electrons. The number of ether oxygens (including phenoxy) is 2. The molecule has 0 aliphatic heterocycles. The molecule has 1 fully saturated rings. The van der Waals surface area contributed by atoms with E-state index in [-0.39, 0.29) is 25.1 Å². The molecule has 0 spiro atoms. The van der Waals surface area contributed by atoms with E-state index in [1.54, 1.807) is 6.92 Å². The van der Waals surface area contributed by atoms with E-state index in [4.69, 9.17) is 9.47 Å². The van der Waals surface area contributed by atoms with E-state index >= 15 is 0 Å². The topological polar surface area (TPSA) is 52.6 Å². The van der Waals surface area contributed by atoms with Crippen LogP contribution in [0.2, 0.25) is 0 Å². The molecule has 0 heterocycles. The summed E-state index contributed by atoms with van der Waals surface area (Å²) in [7, 11) is 0. The average molecular weight is 270 g/mol. The molecule has 19 heavy (non-hydrogen) atoms. The van der Waals surface area contributed by atoms with Gasteiger partial charge in [0.2, 0.25) is 0 Å². The summed E-state index contributed by atoms with van der Waals surface area (Å²) in [5, 5.41) is 0. The Balaban J connectivity index is 2.29. The molecule has 0 N–H and O–H groups in total. The van der Waals surface area contributed by atoms with E-state index in [1.165, 1.54) is 12.8 Å². The summed E-state index contributed by atoms with van der Waals surface area (Å²) >= 11 is 0. The van der Waals surface area contributed by atoms with Gasteiger partial charge in [0.25, 0.3) is 0 Å². The monoisotopic (exact) mass is 270 g/mol. The van der Waals surface area contributed by atoms with E-state index in [9.17, 15) is 9.59 Å². The van der Waals surface area contributed by atoms with Gasteiger partial charge in [-0.05, 0) is 43.9 Å². The van der Waals surface area contributed by atoms with Crippen LogP contribution in [0.3, 0.4) is 0 Å². The van der Waals surface area contributed by atoms with Crippen LogP contribution in [0.15, 0.2) is 0 Å². The molecule has 0 aromatic rings. The highest BCUT2D eigenvalue weighted by Gasteiger charge is 2.31. The maximum atomic E-state index is 11.5. The summed E-state index contributed by atoms with van der Waals surface area (Å²) in [6, 6.07) is 0. The Morgan fingerprint density at radius 2 is 1.79 bits per heavy atom. The van der Waals surface area contributed by atoms with Gasteiger partial charge in [0, 0.05) is 6.42 Å². The van der Waals surface area contributed by atoms with Crippen LogP contribution in [-0.4, -0.2) is 24.6 Å². The van der Waals surface area contributed by atoms with Crippen LogP contribution < -0.4 is 0 Å². The number of carbonyl (C=O) groups is 2. The van der Waals surface area contributed by atoms with E-state index in [0.717, 1.165) is 12.8 Å². The Bertz CT molecular complexity index is 312. The minimum atomic E-state index is -0.445. The largest absolute Gasteiger partial charge is 0.460 e. The van der Waals surface area contributed by atoms with Gasteiger partial charge < -0.3 is 9.47 Å². The summed E-state index contributed by atoms with van der Waals surface area (Å²) in [5.74, 6) is -0.387. The Hall–Kier alpha value is -1.06. The van der Waals surface area contributed by atoms with Crippen molar-refractivity contribution in [2.24, 2.45) is 11.3 Å². The van der Waals surface area contributed by atoms with Crippen molar-refractivity contribution in [3.8, 4) is 0 Å². The molecule has 0 bridgehead atoms. The zero-order valence-electron chi connectivity index (χ0n) is 12.5. The summed E-state index contributed by atoms with van der Waals surface area (Å²) in [4.78, 5) is 22.5. The molecule has 1 atom stereocenters. The fraction of sp³-hybridized carbons (Fsp3) is 0.867. The number of hydrogen-bond donors (Lipinski definition) is 0. The third kappa shape index (κ3) is 5.62. The van der Waals surface area contributed by atoms with Crippen LogP contribution in [-0.2, 0) is 19.1 Å². The number of esters is 2. The lowest BCUT2D eigenvalue weighted by Crippen LogP contribution is -2.31. The van der Waals surface area contributed by atoms with Crippen molar-refractivity contribution in [3.63, 3.8) is 0 Å². The summed E-state index contributed by atoms with van der Waals surface area (Å²) < 4.78 is 10.1. The van der Waals surface area contributed by atoms with Crippen LogP contribution in [0.25, 0.3) is 0 Å². The fourth-order valence-corrected chi connectivity index (χ4v) is 2.47. The van der Waals surface area contributed by atoms with Crippen LogP contribution in [0.5, 0.6) is 0 Å². The predicted octanol–water partition coefficient (Wildman–Crippen LogP) is 3.09.